The molecule has 0 amide bonds. The smallest absolute Gasteiger partial charge is 0.353 e. The minimum Gasteiger partial charge on any atom is -0.353 e. The van der Waals surface area contributed by atoms with Crippen molar-refractivity contribution < 1.29 is 26.3 Å². The largest absolute Gasteiger partial charge is 0.417 e. The van der Waals surface area contributed by atoms with E-state index in [2.05, 4.69) is 39.1 Å². The van der Waals surface area contributed by atoms with Crippen molar-refractivity contribution in [1.29, 1.82) is 0 Å². The molecular formula is C27H28F6N6. The first-order chi connectivity index (χ1) is 18.5. The zero-order valence-corrected chi connectivity index (χ0v) is 21.4. The van der Waals surface area contributed by atoms with Gasteiger partial charge in [-0.2, -0.15) is 31.4 Å². The summed E-state index contributed by atoms with van der Waals surface area (Å²) in [6.07, 6.45) is -4.69. The van der Waals surface area contributed by atoms with E-state index in [1.807, 2.05) is 0 Å². The quantitative estimate of drug-likeness (QED) is 0.215. The number of benzene rings is 1. The third-order valence-electron chi connectivity index (χ3n) is 6.15. The Morgan fingerprint density at radius 2 is 1.46 bits per heavy atom. The van der Waals surface area contributed by atoms with Crippen molar-refractivity contribution in [2.24, 2.45) is 0 Å². The Morgan fingerprint density at radius 1 is 0.821 bits per heavy atom. The van der Waals surface area contributed by atoms with Crippen molar-refractivity contribution in [3.8, 4) is 22.5 Å². The third kappa shape index (κ3) is 6.67. The molecule has 0 unspecified atom stereocenters. The predicted molar refractivity (Wildman–Crippen MR) is 137 cm³/mol. The number of nitrogens with zero attached hydrogens (tertiary/aromatic N) is 5. The Bertz CT molecular complexity index is 1390. The summed E-state index contributed by atoms with van der Waals surface area (Å²) in [4.78, 5) is 11.2. The van der Waals surface area contributed by atoms with Crippen molar-refractivity contribution in [2.75, 3.05) is 31.5 Å². The van der Waals surface area contributed by atoms with E-state index < -0.39 is 23.5 Å². The summed E-state index contributed by atoms with van der Waals surface area (Å²) in [6, 6.07) is 8.12. The van der Waals surface area contributed by atoms with Crippen LogP contribution in [0, 0.1) is 0 Å². The van der Waals surface area contributed by atoms with Crippen LogP contribution in [-0.4, -0.2) is 50.7 Å². The van der Waals surface area contributed by atoms with Gasteiger partial charge in [0.1, 0.15) is 5.69 Å². The van der Waals surface area contributed by atoms with E-state index in [4.69, 9.17) is 0 Å². The van der Waals surface area contributed by atoms with E-state index in [0.717, 1.165) is 61.4 Å². The van der Waals surface area contributed by atoms with E-state index in [-0.39, 0.29) is 5.69 Å². The van der Waals surface area contributed by atoms with Crippen LogP contribution >= 0.6 is 0 Å². The van der Waals surface area contributed by atoms with Crippen molar-refractivity contribution >= 4 is 11.5 Å². The lowest BCUT2D eigenvalue weighted by Crippen LogP contribution is -2.30. The second kappa shape index (κ2) is 11.6. The molecule has 0 aliphatic carbocycles. The lowest BCUT2D eigenvalue weighted by atomic mass is 10.0. The molecule has 6 nitrogen and oxygen atoms in total. The molecule has 0 saturated heterocycles. The lowest BCUT2D eigenvalue weighted by Gasteiger charge is -2.20. The van der Waals surface area contributed by atoms with Gasteiger partial charge < -0.3 is 10.2 Å². The standard InChI is InChI=1S/C27H28F6N6/c1-3-14-38(15-4-2)16-13-35-25-34-12-11-21(36-25)23-22-10-9-20(27(31,32)33)17-39(22)37-24(23)18-5-7-19(8-6-18)26(28,29)30/h5-12,17H,3-4,13-16H2,1-2H3,(H,34,35,36). The van der Waals surface area contributed by atoms with Crippen molar-refractivity contribution in [3.63, 3.8) is 0 Å². The summed E-state index contributed by atoms with van der Waals surface area (Å²) >= 11 is 0. The van der Waals surface area contributed by atoms with Crippen LogP contribution in [0.15, 0.2) is 54.9 Å². The van der Waals surface area contributed by atoms with Crippen LogP contribution < -0.4 is 5.32 Å². The van der Waals surface area contributed by atoms with E-state index in [0.29, 0.717) is 34.8 Å². The minimum absolute atomic E-state index is 0.199. The average molecular weight is 551 g/mol. The molecule has 1 aromatic carbocycles. The van der Waals surface area contributed by atoms with Crippen molar-refractivity contribution in [2.45, 2.75) is 39.0 Å². The highest BCUT2D eigenvalue weighted by atomic mass is 19.4. The summed E-state index contributed by atoms with van der Waals surface area (Å²) < 4.78 is 80.5. The SMILES string of the molecule is CCCN(CCC)CCNc1nccc(-c2c(-c3ccc(C(F)(F)F)cc3)nn3cc(C(F)(F)F)ccc23)n1. The monoisotopic (exact) mass is 550 g/mol. The third-order valence-corrected chi connectivity index (χ3v) is 6.15. The number of pyridine rings is 1. The number of hydrogen-bond donors (Lipinski definition) is 1. The normalized spacial score (nSPS) is 12.4. The molecule has 0 bridgehead atoms. The van der Waals surface area contributed by atoms with Crippen LogP contribution in [0.5, 0.6) is 0 Å². The van der Waals surface area contributed by atoms with Gasteiger partial charge in [0, 0.05) is 31.0 Å². The van der Waals surface area contributed by atoms with Gasteiger partial charge in [0.2, 0.25) is 5.95 Å². The Morgan fingerprint density at radius 3 is 2.08 bits per heavy atom. The Kier molecular flexibility index (Phi) is 8.43. The molecule has 3 aromatic heterocycles. The number of alkyl halides is 6. The molecule has 4 rings (SSSR count). The van der Waals surface area contributed by atoms with Gasteiger partial charge in [-0.25, -0.2) is 14.5 Å². The maximum Gasteiger partial charge on any atom is 0.417 e. The molecule has 0 fully saturated rings. The molecular weight excluding hydrogens is 522 g/mol. The first kappa shape index (κ1) is 28.3. The van der Waals surface area contributed by atoms with Crippen LogP contribution in [0.3, 0.4) is 0 Å². The Balaban J connectivity index is 1.73. The zero-order valence-electron chi connectivity index (χ0n) is 21.4. The molecule has 0 aliphatic heterocycles. The number of anilines is 1. The number of nitrogens with one attached hydrogen (secondary N) is 1. The summed E-state index contributed by atoms with van der Waals surface area (Å²) in [5.41, 5.74) is -0.174. The van der Waals surface area contributed by atoms with Gasteiger partial charge in [-0.1, -0.05) is 26.0 Å². The molecule has 0 radical (unpaired) electrons. The maximum atomic E-state index is 13.4. The van der Waals surface area contributed by atoms with Crippen LogP contribution in [0.1, 0.15) is 37.8 Å². The van der Waals surface area contributed by atoms with E-state index in [9.17, 15) is 26.3 Å². The van der Waals surface area contributed by atoms with Gasteiger partial charge in [0.05, 0.1) is 27.9 Å². The van der Waals surface area contributed by atoms with Crippen LogP contribution in [0.25, 0.3) is 28.0 Å². The van der Waals surface area contributed by atoms with Gasteiger partial charge >= 0.3 is 12.4 Å². The van der Waals surface area contributed by atoms with Crippen molar-refractivity contribution in [1.82, 2.24) is 24.5 Å². The van der Waals surface area contributed by atoms with Gasteiger partial charge in [-0.05, 0) is 56.3 Å². The number of halogens is 6. The fraction of sp³-hybridized carbons (Fsp3) is 0.370. The second-order valence-electron chi connectivity index (χ2n) is 9.08. The predicted octanol–water partition coefficient (Wildman–Crippen LogP) is 7.03. The lowest BCUT2D eigenvalue weighted by molar-refractivity contribution is -0.138. The molecule has 0 atom stereocenters. The highest BCUT2D eigenvalue weighted by molar-refractivity contribution is 5.91. The molecule has 39 heavy (non-hydrogen) atoms. The average Bonchev–Trinajstić information content (AvgIpc) is 3.27. The van der Waals surface area contributed by atoms with Crippen molar-refractivity contribution in [3.05, 3.63) is 66.0 Å². The number of hydrogen-bond acceptors (Lipinski definition) is 5. The van der Waals surface area contributed by atoms with Gasteiger partial charge in [0.25, 0.3) is 0 Å². The highest BCUT2D eigenvalue weighted by Crippen LogP contribution is 2.38. The molecule has 4 aromatic rings. The first-order valence-electron chi connectivity index (χ1n) is 12.6. The fourth-order valence-electron chi connectivity index (χ4n) is 4.37. The number of aromatic nitrogens is 4. The summed E-state index contributed by atoms with van der Waals surface area (Å²) in [5.74, 6) is 0.324. The van der Waals surface area contributed by atoms with E-state index in [1.54, 1.807) is 6.07 Å². The summed E-state index contributed by atoms with van der Waals surface area (Å²) in [6.45, 7) is 7.53. The first-order valence-corrected chi connectivity index (χ1v) is 12.6. The summed E-state index contributed by atoms with van der Waals surface area (Å²) in [5, 5.41) is 7.52. The maximum absolute atomic E-state index is 13.4. The topological polar surface area (TPSA) is 58.3 Å². The van der Waals surface area contributed by atoms with E-state index in [1.165, 1.54) is 24.4 Å². The van der Waals surface area contributed by atoms with Gasteiger partial charge in [-0.15, -0.1) is 0 Å². The molecule has 12 heteroatoms. The Labute approximate surface area is 221 Å². The minimum atomic E-state index is -4.59. The van der Waals surface area contributed by atoms with Crippen LogP contribution in [0.4, 0.5) is 32.3 Å². The number of rotatable bonds is 10. The number of fused-ring (bicyclic) bond motifs is 1. The van der Waals surface area contributed by atoms with Crippen LogP contribution in [0.2, 0.25) is 0 Å². The second-order valence-corrected chi connectivity index (χ2v) is 9.08. The molecule has 0 saturated carbocycles. The fourth-order valence-corrected chi connectivity index (χ4v) is 4.37. The Hall–Kier alpha value is -3.67. The highest BCUT2D eigenvalue weighted by Gasteiger charge is 2.32. The molecule has 1 N–H and O–H groups in total. The molecule has 0 spiro atoms. The van der Waals surface area contributed by atoms with Gasteiger partial charge in [0.15, 0.2) is 0 Å². The summed E-state index contributed by atoms with van der Waals surface area (Å²) in [7, 11) is 0. The molecule has 3 heterocycles. The van der Waals surface area contributed by atoms with Gasteiger partial charge in [-0.3, -0.25) is 0 Å². The zero-order chi connectivity index (χ0) is 28.2. The van der Waals surface area contributed by atoms with Crippen LogP contribution in [-0.2, 0) is 12.4 Å². The van der Waals surface area contributed by atoms with E-state index >= 15 is 0 Å². The molecule has 0 aliphatic rings. The molecule has 208 valence electrons.